The summed E-state index contributed by atoms with van der Waals surface area (Å²) in [7, 11) is 0. The third kappa shape index (κ3) is 5.11. The molecule has 0 radical (unpaired) electrons. The number of rotatable bonds is 5. The molecule has 158 valence electrons. The zero-order valence-electron chi connectivity index (χ0n) is 16.1. The number of thiazole rings is 1. The van der Waals surface area contributed by atoms with Crippen molar-refractivity contribution in [2.75, 3.05) is 4.90 Å². The molecule has 0 unspecified atom stereocenters. The second-order valence-corrected chi connectivity index (χ2v) is 8.59. The molecular weight excluding hydrogens is 457 g/mol. The largest absolute Gasteiger partial charge is 0.433 e. The van der Waals surface area contributed by atoms with Gasteiger partial charge in [0, 0.05) is 24.3 Å². The van der Waals surface area contributed by atoms with E-state index in [1.165, 1.54) is 23.2 Å². The molecule has 0 saturated carbocycles. The second kappa shape index (κ2) is 8.91. The third-order valence-corrected chi connectivity index (χ3v) is 6.00. The summed E-state index contributed by atoms with van der Waals surface area (Å²) < 4.78 is 38.4. The van der Waals surface area contributed by atoms with E-state index in [0.717, 1.165) is 35.2 Å². The van der Waals surface area contributed by atoms with Crippen LogP contribution in [0.25, 0.3) is 0 Å². The van der Waals surface area contributed by atoms with Gasteiger partial charge in [0.2, 0.25) is 5.91 Å². The predicted octanol–water partition coefficient (Wildman–Crippen LogP) is 6.20. The molecule has 2 heterocycles. The van der Waals surface area contributed by atoms with Gasteiger partial charge in [-0.25, -0.2) is 15.0 Å². The normalized spacial score (nSPS) is 11.6. The number of thioether (sulfide) groups is 1. The minimum Gasteiger partial charge on any atom is -0.274 e. The number of carbonyl (C=O) groups is 1. The van der Waals surface area contributed by atoms with Gasteiger partial charge in [0.05, 0.1) is 16.4 Å². The van der Waals surface area contributed by atoms with Crippen LogP contribution in [0.4, 0.5) is 24.0 Å². The zero-order valence-corrected chi connectivity index (χ0v) is 18.5. The lowest BCUT2D eigenvalue weighted by Gasteiger charge is -2.22. The molecular formula is C19H16ClF3N4OS2. The maximum Gasteiger partial charge on any atom is 0.433 e. The molecule has 0 spiro atoms. The lowest BCUT2D eigenvalue weighted by atomic mass is 10.1. The fourth-order valence-electron chi connectivity index (χ4n) is 2.75. The molecule has 0 N–H and O–H groups in total. The van der Waals surface area contributed by atoms with E-state index in [0.29, 0.717) is 21.5 Å². The average Bonchev–Trinajstić information content (AvgIpc) is 3.10. The van der Waals surface area contributed by atoms with Crippen molar-refractivity contribution >= 4 is 51.4 Å². The van der Waals surface area contributed by atoms with Crippen molar-refractivity contribution < 1.29 is 18.0 Å². The number of aromatic nitrogens is 3. The molecule has 0 bridgehead atoms. The van der Waals surface area contributed by atoms with E-state index < -0.39 is 11.9 Å². The number of halogens is 4. The standard InChI is InChI=1S/C19H16ClF3N4OS2/c1-10-6-11(2)16(14(20)7-10)27(12(3)28)18-25-13(9-30-18)8-29-17-24-5-4-15(26-17)19(21,22)23/h4-7,9H,8H2,1-3H3. The Kier molecular flexibility index (Phi) is 6.68. The molecule has 30 heavy (non-hydrogen) atoms. The van der Waals surface area contributed by atoms with Gasteiger partial charge >= 0.3 is 6.18 Å². The smallest absolute Gasteiger partial charge is 0.274 e. The highest BCUT2D eigenvalue weighted by atomic mass is 35.5. The molecule has 0 atom stereocenters. The molecule has 1 aromatic carbocycles. The summed E-state index contributed by atoms with van der Waals surface area (Å²) in [4.78, 5) is 25.7. The molecule has 0 aliphatic heterocycles. The van der Waals surface area contributed by atoms with Gasteiger partial charge in [-0.15, -0.1) is 11.3 Å². The summed E-state index contributed by atoms with van der Waals surface area (Å²) in [5.41, 5.74) is 1.96. The fraction of sp³-hybridized carbons (Fsp3) is 0.263. The number of hydrogen-bond acceptors (Lipinski definition) is 6. The molecule has 3 rings (SSSR count). The molecule has 0 saturated heterocycles. The minimum absolute atomic E-state index is 0.000206. The SMILES string of the molecule is CC(=O)N(c1nc(CSc2nccc(C(F)(F)F)n2)cs1)c1c(C)cc(C)cc1Cl. The minimum atomic E-state index is -4.53. The van der Waals surface area contributed by atoms with Crippen LogP contribution in [-0.2, 0) is 16.7 Å². The van der Waals surface area contributed by atoms with Crippen LogP contribution < -0.4 is 4.90 Å². The second-order valence-electron chi connectivity index (χ2n) is 6.40. The van der Waals surface area contributed by atoms with Gasteiger partial charge in [-0.05, 0) is 37.1 Å². The first-order valence-electron chi connectivity index (χ1n) is 8.61. The third-order valence-electron chi connectivity index (χ3n) is 3.94. The molecule has 0 aliphatic rings. The van der Waals surface area contributed by atoms with Gasteiger partial charge in [-0.1, -0.05) is 29.4 Å². The van der Waals surface area contributed by atoms with Crippen molar-refractivity contribution in [3.8, 4) is 0 Å². The van der Waals surface area contributed by atoms with Crippen LogP contribution in [0, 0.1) is 13.8 Å². The summed E-state index contributed by atoms with van der Waals surface area (Å²) in [6.45, 7) is 5.19. The van der Waals surface area contributed by atoms with Crippen molar-refractivity contribution in [3.05, 3.63) is 57.3 Å². The van der Waals surface area contributed by atoms with Crippen molar-refractivity contribution in [3.63, 3.8) is 0 Å². The first-order chi connectivity index (χ1) is 14.1. The number of benzene rings is 1. The zero-order chi connectivity index (χ0) is 22.1. The van der Waals surface area contributed by atoms with Crippen molar-refractivity contribution in [2.24, 2.45) is 0 Å². The molecule has 11 heteroatoms. The number of hydrogen-bond donors (Lipinski definition) is 0. The van der Waals surface area contributed by atoms with Crippen LogP contribution in [0.5, 0.6) is 0 Å². The average molecular weight is 473 g/mol. The Bertz CT molecular complexity index is 1060. The van der Waals surface area contributed by atoms with Gasteiger partial charge in [0.1, 0.15) is 5.69 Å². The first kappa shape index (κ1) is 22.5. The fourth-order valence-corrected chi connectivity index (χ4v) is 4.86. The summed E-state index contributed by atoms with van der Waals surface area (Å²) in [6.07, 6.45) is -3.45. The molecule has 1 amide bonds. The number of anilines is 2. The van der Waals surface area contributed by atoms with Gasteiger partial charge in [0.15, 0.2) is 10.3 Å². The summed E-state index contributed by atoms with van der Waals surface area (Å²) in [5.74, 6) is 0.00285. The van der Waals surface area contributed by atoms with Gasteiger partial charge < -0.3 is 0 Å². The monoisotopic (exact) mass is 472 g/mol. The first-order valence-corrected chi connectivity index (χ1v) is 10.9. The summed E-state index contributed by atoms with van der Waals surface area (Å²) in [6, 6.07) is 4.52. The number of amides is 1. The van der Waals surface area contributed by atoms with Gasteiger partial charge in [0.25, 0.3) is 0 Å². The van der Waals surface area contributed by atoms with Crippen molar-refractivity contribution in [1.29, 1.82) is 0 Å². The quantitative estimate of drug-likeness (QED) is 0.327. The highest BCUT2D eigenvalue weighted by Crippen LogP contribution is 2.38. The predicted molar refractivity (Wildman–Crippen MR) is 112 cm³/mol. The lowest BCUT2D eigenvalue weighted by molar-refractivity contribution is -0.141. The Hall–Kier alpha value is -2.17. The highest BCUT2D eigenvalue weighted by Gasteiger charge is 2.32. The highest BCUT2D eigenvalue weighted by molar-refractivity contribution is 7.98. The van der Waals surface area contributed by atoms with E-state index in [-0.39, 0.29) is 16.8 Å². The van der Waals surface area contributed by atoms with E-state index >= 15 is 0 Å². The molecule has 0 fully saturated rings. The van der Waals surface area contributed by atoms with E-state index in [2.05, 4.69) is 15.0 Å². The molecule has 3 aromatic rings. The number of alkyl halides is 3. The lowest BCUT2D eigenvalue weighted by Crippen LogP contribution is -2.24. The Balaban J connectivity index is 1.82. The van der Waals surface area contributed by atoms with Crippen LogP contribution in [0.2, 0.25) is 5.02 Å². The van der Waals surface area contributed by atoms with E-state index in [9.17, 15) is 18.0 Å². The maximum atomic E-state index is 12.8. The Morgan fingerprint density at radius 1 is 1.27 bits per heavy atom. The van der Waals surface area contributed by atoms with Crippen LogP contribution >= 0.6 is 34.7 Å². The van der Waals surface area contributed by atoms with E-state index in [1.807, 2.05) is 19.9 Å². The Morgan fingerprint density at radius 2 is 2.00 bits per heavy atom. The van der Waals surface area contributed by atoms with Crippen molar-refractivity contribution in [2.45, 2.75) is 37.9 Å². The molecule has 5 nitrogen and oxygen atoms in total. The summed E-state index contributed by atoms with van der Waals surface area (Å²) >= 11 is 8.67. The molecule has 2 aromatic heterocycles. The van der Waals surface area contributed by atoms with Gasteiger partial charge in [-0.2, -0.15) is 13.2 Å². The van der Waals surface area contributed by atoms with Crippen LogP contribution in [0.3, 0.4) is 0 Å². The van der Waals surface area contributed by atoms with Crippen molar-refractivity contribution in [1.82, 2.24) is 15.0 Å². The number of nitrogens with zero attached hydrogens (tertiary/aromatic N) is 4. The molecule has 0 aliphatic carbocycles. The Morgan fingerprint density at radius 3 is 2.63 bits per heavy atom. The number of carbonyl (C=O) groups excluding carboxylic acids is 1. The summed E-state index contributed by atoms with van der Waals surface area (Å²) in [5, 5.41) is 2.60. The van der Waals surface area contributed by atoms with E-state index in [1.54, 1.807) is 11.4 Å². The van der Waals surface area contributed by atoms with Gasteiger partial charge in [-0.3, -0.25) is 9.69 Å². The van der Waals surface area contributed by atoms with Crippen LogP contribution in [0.15, 0.2) is 34.9 Å². The maximum absolute atomic E-state index is 12.8. The van der Waals surface area contributed by atoms with Crippen LogP contribution in [0.1, 0.15) is 29.4 Å². The van der Waals surface area contributed by atoms with Crippen LogP contribution in [-0.4, -0.2) is 20.9 Å². The van der Waals surface area contributed by atoms with E-state index in [4.69, 9.17) is 11.6 Å². The number of aryl methyl sites for hydroxylation is 2. The Labute approximate surface area is 184 Å². The topological polar surface area (TPSA) is 59.0 Å².